The van der Waals surface area contributed by atoms with Gasteiger partial charge in [-0.3, -0.25) is 14.5 Å². The van der Waals surface area contributed by atoms with Gasteiger partial charge in [-0.05, 0) is 19.1 Å². The molecule has 5 nitrogen and oxygen atoms in total. The van der Waals surface area contributed by atoms with Gasteiger partial charge >= 0.3 is 0 Å². The van der Waals surface area contributed by atoms with Gasteiger partial charge in [0.05, 0.1) is 16.3 Å². The van der Waals surface area contributed by atoms with Crippen molar-refractivity contribution in [1.29, 1.82) is 0 Å². The average Bonchev–Trinajstić information content (AvgIpc) is 3.20. The van der Waals surface area contributed by atoms with Gasteiger partial charge in [0, 0.05) is 10.8 Å². The fourth-order valence-electron chi connectivity index (χ4n) is 2.81. The molecule has 6 heteroatoms. The van der Waals surface area contributed by atoms with E-state index in [2.05, 4.69) is 27.3 Å². The third-order valence-corrected chi connectivity index (χ3v) is 4.80. The van der Waals surface area contributed by atoms with Gasteiger partial charge in [0.2, 0.25) is 5.91 Å². The summed E-state index contributed by atoms with van der Waals surface area (Å²) in [6, 6.07) is 16.0. The van der Waals surface area contributed by atoms with Crippen molar-refractivity contribution in [2.24, 2.45) is 0 Å². The quantitative estimate of drug-likeness (QED) is 0.584. The van der Waals surface area contributed by atoms with E-state index in [1.807, 2.05) is 43.3 Å². The van der Waals surface area contributed by atoms with Crippen molar-refractivity contribution in [2.45, 2.75) is 17.3 Å². The molecule has 0 saturated heterocycles. The number of rotatable bonds is 3. The molecular weight excluding hydrogens is 308 g/mol. The number of thioether (sulfide) groups is 1. The smallest absolute Gasteiger partial charge is 0.244 e. The lowest BCUT2D eigenvalue weighted by Crippen LogP contribution is -2.21. The maximum atomic E-state index is 13.0. The van der Waals surface area contributed by atoms with Gasteiger partial charge in [-0.2, -0.15) is 5.10 Å². The molecule has 0 fully saturated rings. The Balaban J connectivity index is 1.84. The van der Waals surface area contributed by atoms with Crippen molar-refractivity contribution in [3.63, 3.8) is 0 Å². The molecule has 0 saturated carbocycles. The van der Waals surface area contributed by atoms with Crippen molar-refractivity contribution in [1.82, 2.24) is 19.7 Å². The largest absolute Gasteiger partial charge is 0.279 e. The van der Waals surface area contributed by atoms with Crippen LogP contribution in [0.1, 0.15) is 11.7 Å². The zero-order valence-corrected chi connectivity index (χ0v) is 13.2. The second kappa shape index (κ2) is 5.55. The van der Waals surface area contributed by atoms with Crippen LogP contribution in [-0.2, 0) is 0 Å². The number of benzene rings is 2. The van der Waals surface area contributed by atoms with E-state index in [0.717, 1.165) is 21.8 Å². The minimum absolute atomic E-state index is 0.0313. The van der Waals surface area contributed by atoms with E-state index in [-0.39, 0.29) is 11.2 Å². The summed E-state index contributed by atoms with van der Waals surface area (Å²) in [7, 11) is 0. The van der Waals surface area contributed by atoms with Crippen LogP contribution < -0.4 is 0 Å². The van der Waals surface area contributed by atoms with E-state index in [9.17, 15) is 4.79 Å². The fourth-order valence-corrected chi connectivity index (χ4v) is 3.57. The number of hydrogen-bond donors (Lipinski definition) is 1. The number of aromatic nitrogens is 4. The highest BCUT2D eigenvalue weighted by atomic mass is 32.2. The Labute approximate surface area is 136 Å². The first-order chi connectivity index (χ1) is 11.3. The van der Waals surface area contributed by atoms with Crippen LogP contribution in [0.3, 0.4) is 0 Å². The normalized spacial score (nSPS) is 12.7. The molecule has 0 aliphatic rings. The Morgan fingerprint density at radius 3 is 2.26 bits per heavy atom. The number of aromatic amines is 1. The lowest BCUT2D eigenvalue weighted by molar-refractivity contribution is 0.0925. The number of carbonyl (C=O) groups excluding carboxylic acids is 1. The van der Waals surface area contributed by atoms with Crippen molar-refractivity contribution in [3.05, 3.63) is 54.9 Å². The van der Waals surface area contributed by atoms with Crippen LogP contribution in [0.15, 0.2) is 60.0 Å². The summed E-state index contributed by atoms with van der Waals surface area (Å²) < 4.78 is 1.80. The topological polar surface area (TPSA) is 63.6 Å². The first-order valence-corrected chi connectivity index (χ1v) is 8.18. The van der Waals surface area contributed by atoms with Crippen LogP contribution in [0.2, 0.25) is 0 Å². The highest BCUT2D eigenvalue weighted by molar-refractivity contribution is 8.00. The zero-order chi connectivity index (χ0) is 15.8. The number of hydrogen-bond acceptors (Lipinski definition) is 4. The van der Waals surface area contributed by atoms with Gasteiger partial charge in [0.1, 0.15) is 6.33 Å². The van der Waals surface area contributed by atoms with E-state index in [1.54, 1.807) is 4.57 Å². The average molecular weight is 322 g/mol. The SMILES string of the molecule is CC(Sc1ncn[nH]1)C(=O)n1c2ccccc2c2ccccc21. The van der Waals surface area contributed by atoms with Crippen LogP contribution in [0.25, 0.3) is 21.8 Å². The molecular formula is C17H14N4OS. The first kappa shape index (κ1) is 14.0. The molecule has 2 heterocycles. The Morgan fingerprint density at radius 1 is 1.09 bits per heavy atom. The Bertz CT molecular complexity index is 937. The van der Waals surface area contributed by atoms with Gasteiger partial charge in [-0.25, -0.2) is 4.98 Å². The summed E-state index contributed by atoms with van der Waals surface area (Å²) in [5.41, 5.74) is 1.87. The standard InChI is InChI=1S/C17H14N4OS/c1-11(23-17-18-10-19-20-17)16(22)21-14-8-4-2-6-12(14)13-7-3-5-9-15(13)21/h2-11H,1H3,(H,18,19,20). The van der Waals surface area contributed by atoms with E-state index in [4.69, 9.17) is 0 Å². The number of carbonyl (C=O) groups is 1. The van der Waals surface area contributed by atoms with E-state index in [0.29, 0.717) is 5.16 Å². The molecule has 1 N–H and O–H groups in total. The van der Waals surface area contributed by atoms with Crippen molar-refractivity contribution in [3.8, 4) is 0 Å². The van der Waals surface area contributed by atoms with Gasteiger partial charge in [-0.1, -0.05) is 48.2 Å². The molecule has 0 radical (unpaired) electrons. The van der Waals surface area contributed by atoms with Gasteiger partial charge in [0.15, 0.2) is 5.16 Å². The number of nitrogens with one attached hydrogen (secondary N) is 1. The predicted octanol–water partition coefficient (Wildman–Crippen LogP) is 3.73. The third-order valence-electron chi connectivity index (χ3n) is 3.83. The summed E-state index contributed by atoms with van der Waals surface area (Å²) in [4.78, 5) is 17.1. The zero-order valence-electron chi connectivity index (χ0n) is 12.4. The summed E-state index contributed by atoms with van der Waals surface area (Å²) >= 11 is 1.37. The summed E-state index contributed by atoms with van der Waals surface area (Å²) in [6.45, 7) is 1.89. The summed E-state index contributed by atoms with van der Waals surface area (Å²) in [5, 5.41) is 9.16. The molecule has 4 rings (SSSR count). The molecule has 4 aromatic rings. The number of nitrogens with zero attached hydrogens (tertiary/aromatic N) is 3. The number of para-hydroxylation sites is 2. The highest BCUT2D eigenvalue weighted by Gasteiger charge is 2.22. The predicted molar refractivity (Wildman–Crippen MR) is 91.8 cm³/mol. The fraction of sp³-hybridized carbons (Fsp3) is 0.118. The number of fused-ring (bicyclic) bond motifs is 3. The number of H-pyrrole nitrogens is 1. The molecule has 0 aliphatic carbocycles. The summed E-state index contributed by atoms with van der Waals surface area (Å²) in [6.07, 6.45) is 1.44. The molecule has 1 atom stereocenters. The molecule has 0 spiro atoms. The highest BCUT2D eigenvalue weighted by Crippen LogP contribution is 2.30. The van der Waals surface area contributed by atoms with Crippen LogP contribution in [0.5, 0.6) is 0 Å². The molecule has 2 aromatic heterocycles. The monoisotopic (exact) mass is 322 g/mol. The lowest BCUT2D eigenvalue weighted by Gasteiger charge is -2.11. The van der Waals surface area contributed by atoms with Crippen LogP contribution in [0, 0.1) is 0 Å². The second-order valence-electron chi connectivity index (χ2n) is 5.26. The van der Waals surface area contributed by atoms with Crippen LogP contribution in [0.4, 0.5) is 0 Å². The lowest BCUT2D eigenvalue weighted by atomic mass is 10.2. The molecule has 2 aromatic carbocycles. The molecule has 0 bridgehead atoms. The maximum absolute atomic E-state index is 13.0. The van der Waals surface area contributed by atoms with Crippen molar-refractivity contribution < 1.29 is 4.79 Å². The third kappa shape index (κ3) is 2.31. The molecule has 0 amide bonds. The van der Waals surface area contributed by atoms with Crippen molar-refractivity contribution in [2.75, 3.05) is 0 Å². The maximum Gasteiger partial charge on any atom is 0.244 e. The Hall–Kier alpha value is -2.60. The minimum Gasteiger partial charge on any atom is -0.279 e. The Morgan fingerprint density at radius 2 is 1.70 bits per heavy atom. The van der Waals surface area contributed by atoms with Gasteiger partial charge < -0.3 is 0 Å². The Kier molecular flexibility index (Phi) is 3.38. The van der Waals surface area contributed by atoms with Gasteiger partial charge in [0.25, 0.3) is 0 Å². The van der Waals surface area contributed by atoms with E-state index >= 15 is 0 Å². The molecule has 1 unspecified atom stereocenters. The second-order valence-corrected chi connectivity index (χ2v) is 6.59. The van der Waals surface area contributed by atoms with E-state index < -0.39 is 0 Å². The van der Waals surface area contributed by atoms with Crippen LogP contribution in [-0.4, -0.2) is 30.9 Å². The van der Waals surface area contributed by atoms with Crippen LogP contribution >= 0.6 is 11.8 Å². The van der Waals surface area contributed by atoms with E-state index in [1.165, 1.54) is 18.1 Å². The molecule has 114 valence electrons. The van der Waals surface area contributed by atoms with Crippen molar-refractivity contribution >= 4 is 39.5 Å². The van der Waals surface area contributed by atoms with Gasteiger partial charge in [-0.15, -0.1) is 0 Å². The first-order valence-electron chi connectivity index (χ1n) is 7.30. The molecule has 23 heavy (non-hydrogen) atoms. The summed E-state index contributed by atoms with van der Waals surface area (Å²) in [5.74, 6) is 0.0313. The molecule has 0 aliphatic heterocycles. The minimum atomic E-state index is -0.276.